The lowest BCUT2D eigenvalue weighted by molar-refractivity contribution is -0.144. The van der Waals surface area contributed by atoms with Gasteiger partial charge in [0.2, 0.25) is 6.41 Å². The molecule has 30 heavy (non-hydrogen) atoms. The molecule has 0 bridgehead atoms. The molecule has 0 saturated carbocycles. The fraction of sp³-hybridized carbons (Fsp3) is 0.412. The van der Waals surface area contributed by atoms with E-state index in [1.165, 1.54) is 22.9 Å². The van der Waals surface area contributed by atoms with E-state index in [1.807, 2.05) is 6.92 Å². The first-order valence-electron chi connectivity index (χ1n) is 8.96. The third kappa shape index (κ3) is 4.31. The molecule has 1 aromatic heterocycles. The van der Waals surface area contributed by atoms with Gasteiger partial charge in [-0.15, -0.1) is 23.1 Å². The van der Waals surface area contributed by atoms with E-state index >= 15 is 0 Å². The summed E-state index contributed by atoms with van der Waals surface area (Å²) < 4.78 is 0. The van der Waals surface area contributed by atoms with Gasteiger partial charge in [0.1, 0.15) is 18.0 Å². The zero-order chi connectivity index (χ0) is 21.8. The summed E-state index contributed by atoms with van der Waals surface area (Å²) in [6.45, 7) is 3.91. The van der Waals surface area contributed by atoms with Gasteiger partial charge in [-0.1, -0.05) is 12.1 Å². The minimum atomic E-state index is -1.08. The van der Waals surface area contributed by atoms with Crippen LogP contribution in [0.3, 0.4) is 0 Å². The maximum atomic E-state index is 12.9. The third-order valence-electron chi connectivity index (χ3n) is 4.29. The molecule has 2 unspecified atom stereocenters. The van der Waals surface area contributed by atoms with Crippen LogP contribution in [0.4, 0.5) is 0 Å². The summed E-state index contributed by atoms with van der Waals surface area (Å²) in [7, 11) is 0. The number of nitrogens with zero attached hydrogens (tertiary/aromatic N) is 3. The number of carbonyl (C=O) groups is 4. The van der Waals surface area contributed by atoms with Gasteiger partial charge in [-0.2, -0.15) is 4.99 Å². The molecule has 160 valence electrons. The van der Waals surface area contributed by atoms with Crippen molar-refractivity contribution in [3.05, 3.63) is 27.6 Å². The van der Waals surface area contributed by atoms with E-state index in [4.69, 9.17) is 4.84 Å². The van der Waals surface area contributed by atoms with Crippen LogP contribution < -0.4 is 10.1 Å². The Bertz CT molecular complexity index is 997. The molecule has 0 aromatic carbocycles. The second-order valence-electron chi connectivity index (χ2n) is 6.34. The predicted molar refractivity (Wildman–Crippen MR) is 108 cm³/mol. The van der Waals surface area contributed by atoms with Gasteiger partial charge in [0, 0.05) is 16.8 Å². The van der Waals surface area contributed by atoms with Gasteiger partial charge in [-0.25, -0.2) is 4.79 Å². The van der Waals surface area contributed by atoms with Crippen molar-refractivity contribution >= 4 is 53.0 Å². The standard InChI is InChI=1S/C17H19N5O6S2/c1-3-4-28-21-11(10-6-29-17(19-10)18-7-23)13(24)20-12-14(25)22-5-9(16(26)27)8(2)30-15(12)22/h5-8,12,15H,3-4H2,1-2H3,(H,20,24)(H,26,27)(H,18,19,23)/t8?,12?,15-/m1/s1. The number of hydrogen-bond donors (Lipinski definition) is 3. The SMILES string of the molecule is CCCON=C(C(=O)NC1C(=O)N2C=C(C(=O)O)C(C)S[C@H]12)c1csc(=NC=O)[nH]1. The largest absolute Gasteiger partial charge is 0.478 e. The van der Waals surface area contributed by atoms with Gasteiger partial charge in [-0.05, 0) is 13.3 Å². The molecule has 3 N–H and O–H groups in total. The number of carboxylic acid groups (broad SMARTS) is 1. The molecular weight excluding hydrogens is 434 g/mol. The first kappa shape index (κ1) is 21.8. The van der Waals surface area contributed by atoms with Gasteiger partial charge in [-0.3, -0.25) is 14.4 Å². The number of hydrogen-bond acceptors (Lipinski definition) is 8. The van der Waals surface area contributed by atoms with Crippen LogP contribution in [0.1, 0.15) is 26.0 Å². The summed E-state index contributed by atoms with van der Waals surface area (Å²) in [6, 6.07) is -0.828. The normalized spacial score (nSPS) is 23.9. The van der Waals surface area contributed by atoms with Crippen molar-refractivity contribution in [1.82, 2.24) is 15.2 Å². The first-order valence-corrected chi connectivity index (χ1v) is 10.8. The minimum Gasteiger partial charge on any atom is -0.478 e. The van der Waals surface area contributed by atoms with E-state index in [1.54, 1.807) is 12.3 Å². The van der Waals surface area contributed by atoms with E-state index < -0.39 is 29.2 Å². The number of carbonyl (C=O) groups excluding carboxylic acids is 3. The first-order chi connectivity index (χ1) is 14.4. The number of H-pyrrole nitrogens is 1. The highest BCUT2D eigenvalue weighted by molar-refractivity contribution is 8.00. The Balaban J connectivity index is 1.79. The van der Waals surface area contributed by atoms with Crippen molar-refractivity contribution < 1.29 is 29.1 Å². The molecule has 2 aliphatic rings. The number of aromatic nitrogens is 1. The number of fused-ring (bicyclic) bond motifs is 1. The molecule has 3 rings (SSSR count). The fourth-order valence-electron chi connectivity index (χ4n) is 2.81. The van der Waals surface area contributed by atoms with Gasteiger partial charge in [0.15, 0.2) is 10.5 Å². The monoisotopic (exact) mass is 453 g/mol. The predicted octanol–water partition coefficient (Wildman–Crippen LogP) is 0.0209. The Morgan fingerprint density at radius 3 is 2.90 bits per heavy atom. The lowest BCUT2D eigenvalue weighted by Crippen LogP contribution is -2.69. The van der Waals surface area contributed by atoms with E-state index in [2.05, 4.69) is 20.4 Å². The molecule has 3 amide bonds. The van der Waals surface area contributed by atoms with E-state index in [9.17, 15) is 24.3 Å². The quantitative estimate of drug-likeness (QED) is 0.165. The molecule has 0 spiro atoms. The highest BCUT2D eigenvalue weighted by Gasteiger charge is 2.51. The number of rotatable bonds is 8. The number of β-lactam (4-membered cyclic amide) rings is 1. The number of amides is 3. The van der Waals surface area contributed by atoms with Crippen LogP contribution in [0.2, 0.25) is 0 Å². The Hall–Kier alpha value is -2.93. The number of aromatic amines is 1. The molecule has 0 aliphatic carbocycles. The second kappa shape index (κ2) is 9.26. The Morgan fingerprint density at radius 1 is 1.47 bits per heavy atom. The third-order valence-corrected chi connectivity index (χ3v) is 6.52. The van der Waals surface area contributed by atoms with Crippen molar-refractivity contribution in [3.63, 3.8) is 0 Å². The van der Waals surface area contributed by atoms with Crippen LogP contribution in [0.25, 0.3) is 0 Å². The molecule has 13 heteroatoms. The number of carboxylic acids is 1. The molecule has 1 saturated heterocycles. The van der Waals surface area contributed by atoms with Crippen LogP contribution in [0.5, 0.6) is 0 Å². The van der Waals surface area contributed by atoms with Crippen molar-refractivity contribution in [2.45, 2.75) is 36.9 Å². The summed E-state index contributed by atoms with van der Waals surface area (Å²) in [5, 5.41) is 16.6. The molecule has 3 heterocycles. The highest BCUT2D eigenvalue weighted by atomic mass is 32.2. The van der Waals surface area contributed by atoms with Crippen molar-refractivity contribution in [3.8, 4) is 0 Å². The topological polar surface area (TPSA) is 154 Å². The minimum absolute atomic E-state index is 0.0890. The number of thioether (sulfide) groups is 1. The van der Waals surface area contributed by atoms with Crippen LogP contribution in [-0.2, 0) is 24.0 Å². The van der Waals surface area contributed by atoms with E-state index in [0.29, 0.717) is 19.4 Å². The lowest BCUT2D eigenvalue weighted by atomic mass is 10.1. The van der Waals surface area contributed by atoms with Crippen LogP contribution in [-0.4, -0.2) is 68.2 Å². The van der Waals surface area contributed by atoms with E-state index in [-0.39, 0.29) is 27.0 Å². The number of aliphatic carboxylic acids is 1. The van der Waals surface area contributed by atoms with Gasteiger partial charge in [0.25, 0.3) is 11.8 Å². The van der Waals surface area contributed by atoms with Crippen molar-refractivity contribution in [2.75, 3.05) is 6.61 Å². The van der Waals surface area contributed by atoms with Crippen LogP contribution in [0.15, 0.2) is 27.3 Å². The molecule has 3 atom stereocenters. The molecule has 1 fully saturated rings. The van der Waals surface area contributed by atoms with Crippen LogP contribution >= 0.6 is 23.1 Å². The number of nitrogens with one attached hydrogen (secondary N) is 2. The molecule has 2 aliphatic heterocycles. The molecule has 11 nitrogen and oxygen atoms in total. The van der Waals surface area contributed by atoms with Gasteiger partial charge >= 0.3 is 5.97 Å². The smallest absolute Gasteiger partial charge is 0.334 e. The lowest BCUT2D eigenvalue weighted by Gasteiger charge is -2.48. The number of oxime groups is 1. The maximum Gasteiger partial charge on any atom is 0.334 e. The van der Waals surface area contributed by atoms with E-state index in [0.717, 1.165) is 11.3 Å². The number of thiazole rings is 1. The zero-order valence-electron chi connectivity index (χ0n) is 16.0. The van der Waals surface area contributed by atoms with Gasteiger partial charge in [0.05, 0.1) is 11.3 Å². The maximum absolute atomic E-state index is 12.9. The summed E-state index contributed by atoms with van der Waals surface area (Å²) >= 11 is 2.38. The summed E-state index contributed by atoms with van der Waals surface area (Å²) in [5.41, 5.74) is 0.327. The Labute approximate surface area is 178 Å². The summed E-state index contributed by atoms with van der Waals surface area (Å²) in [5.74, 6) is -2.14. The highest BCUT2D eigenvalue weighted by Crippen LogP contribution is 2.40. The Kier molecular flexibility index (Phi) is 6.72. The molecule has 1 aromatic rings. The molecular formula is C17H19N5O6S2. The summed E-state index contributed by atoms with van der Waals surface area (Å²) in [4.78, 5) is 60.3. The van der Waals surface area contributed by atoms with Crippen LogP contribution in [0, 0.1) is 0 Å². The zero-order valence-corrected chi connectivity index (χ0v) is 17.7. The van der Waals surface area contributed by atoms with Gasteiger partial charge < -0.3 is 25.1 Å². The average molecular weight is 454 g/mol. The Morgan fingerprint density at radius 2 is 2.23 bits per heavy atom. The van der Waals surface area contributed by atoms with Crippen molar-refractivity contribution in [1.29, 1.82) is 0 Å². The summed E-state index contributed by atoms with van der Waals surface area (Å²) in [6.07, 6.45) is 2.37. The fourth-order valence-corrected chi connectivity index (χ4v) is 4.84. The van der Waals surface area contributed by atoms with Crippen molar-refractivity contribution in [2.24, 2.45) is 10.1 Å². The average Bonchev–Trinajstić information content (AvgIpc) is 3.17. The molecule has 0 radical (unpaired) electrons. The second-order valence-corrected chi connectivity index (χ2v) is 8.66.